The zero-order valence-electron chi connectivity index (χ0n) is 14.3. The van der Waals surface area contributed by atoms with E-state index in [1.165, 1.54) is 5.57 Å². The van der Waals surface area contributed by atoms with Crippen molar-refractivity contribution in [2.24, 2.45) is 0 Å². The van der Waals surface area contributed by atoms with Crippen LogP contribution in [0.3, 0.4) is 0 Å². The zero-order valence-corrected chi connectivity index (χ0v) is 15.2. The highest BCUT2D eigenvalue weighted by molar-refractivity contribution is 7.73. The fraction of sp³-hybridized carbons (Fsp3) is 0.368. The highest BCUT2D eigenvalue weighted by Gasteiger charge is 2.30. The molecule has 0 N–H and O–H groups in total. The van der Waals surface area contributed by atoms with Crippen molar-refractivity contribution in [1.82, 2.24) is 0 Å². The van der Waals surface area contributed by atoms with Crippen LogP contribution in [0.5, 0.6) is 0 Å². The Morgan fingerprint density at radius 2 is 2.09 bits per heavy atom. The molecule has 2 rings (SSSR count). The number of aryl methyl sites for hydroxylation is 1. The first-order valence-electron chi connectivity index (χ1n) is 7.69. The number of hydrogen-bond donors (Lipinski definition) is 0. The first-order valence-corrected chi connectivity index (χ1v) is 9.10. The van der Waals surface area contributed by atoms with Crippen LogP contribution in [0.1, 0.15) is 45.2 Å². The van der Waals surface area contributed by atoms with E-state index in [0.717, 1.165) is 28.2 Å². The molecule has 3 nitrogen and oxygen atoms in total. The van der Waals surface area contributed by atoms with Gasteiger partial charge < -0.3 is 4.74 Å². The van der Waals surface area contributed by atoms with Gasteiger partial charge in [-0.25, -0.2) is 4.79 Å². The largest absolute Gasteiger partial charge is 0.459 e. The Bertz CT molecular complexity index is 736. The molecular weight excluding hydrogens is 305 g/mol. The Morgan fingerprint density at radius 3 is 2.61 bits per heavy atom. The Morgan fingerprint density at radius 1 is 1.39 bits per heavy atom. The summed E-state index contributed by atoms with van der Waals surface area (Å²) in [6.45, 7) is 9.96. The smallest absolute Gasteiger partial charge is 0.339 e. The van der Waals surface area contributed by atoms with Crippen LogP contribution in [0, 0.1) is 18.3 Å². The fourth-order valence-corrected chi connectivity index (χ4v) is 5.11. The molecule has 120 valence electrons. The predicted octanol–water partition coefficient (Wildman–Crippen LogP) is 4.51. The molecule has 1 aromatic carbocycles. The molecule has 0 spiro atoms. The second kappa shape index (κ2) is 7.11. The van der Waals surface area contributed by atoms with E-state index in [1.54, 1.807) is 0 Å². The minimum absolute atomic E-state index is 0.0579. The van der Waals surface area contributed by atoms with Gasteiger partial charge in [-0.1, -0.05) is 23.0 Å². The number of nitriles is 1. The summed E-state index contributed by atoms with van der Waals surface area (Å²) < 4.78 is 5.47. The average Bonchev–Trinajstić information content (AvgIpc) is 2.44. The molecule has 1 aliphatic rings. The van der Waals surface area contributed by atoms with Crippen LogP contribution >= 0.6 is 7.92 Å². The van der Waals surface area contributed by atoms with E-state index in [1.807, 2.05) is 52.8 Å². The lowest BCUT2D eigenvalue weighted by Crippen LogP contribution is -2.24. The topological polar surface area (TPSA) is 50.1 Å². The normalized spacial score (nSPS) is 19.0. The lowest BCUT2D eigenvalue weighted by atomic mass is 10.1. The van der Waals surface area contributed by atoms with Crippen molar-refractivity contribution in [2.45, 2.75) is 47.1 Å². The molecule has 0 saturated carbocycles. The van der Waals surface area contributed by atoms with Crippen molar-refractivity contribution in [3.63, 3.8) is 0 Å². The quantitative estimate of drug-likeness (QED) is 0.606. The summed E-state index contributed by atoms with van der Waals surface area (Å²) in [5.41, 5.74) is 3.89. The minimum Gasteiger partial charge on any atom is -0.459 e. The van der Waals surface area contributed by atoms with Crippen LogP contribution in [0.15, 0.2) is 40.5 Å². The van der Waals surface area contributed by atoms with Gasteiger partial charge in [0.1, 0.15) is 6.10 Å². The fourth-order valence-electron chi connectivity index (χ4n) is 2.74. The molecule has 0 amide bonds. The number of carbonyl (C=O) groups is 1. The number of cyclic esters (lactones) is 1. The average molecular weight is 327 g/mol. The third kappa shape index (κ3) is 3.89. The number of ether oxygens (including phenoxy) is 1. The van der Waals surface area contributed by atoms with Gasteiger partial charge in [0, 0.05) is 6.42 Å². The van der Waals surface area contributed by atoms with Crippen molar-refractivity contribution in [2.75, 3.05) is 0 Å². The Kier molecular flexibility index (Phi) is 5.39. The van der Waals surface area contributed by atoms with Gasteiger partial charge in [-0.3, -0.25) is 0 Å². The van der Waals surface area contributed by atoms with Gasteiger partial charge >= 0.3 is 5.97 Å². The minimum atomic E-state index is -0.911. The Balaban J connectivity index is 2.57. The van der Waals surface area contributed by atoms with Crippen molar-refractivity contribution in [3.05, 3.63) is 51.6 Å². The monoisotopic (exact) mass is 327 g/mol. The standard InChI is InChI=1S/C19H22NO2P/c1-12(2)11-23(17-7-6-16(10-20)13(3)9-17)18-14(4)8-15(5)22-19(18)21/h6-7,9,11,15H,8H2,1-5H3. The predicted molar refractivity (Wildman–Crippen MR) is 94.8 cm³/mol. The summed E-state index contributed by atoms with van der Waals surface area (Å²) in [4.78, 5) is 12.5. The number of esters is 1. The molecular formula is C19H22NO2P. The first-order chi connectivity index (χ1) is 10.8. The second-order valence-electron chi connectivity index (χ2n) is 6.24. The number of allylic oxidation sites excluding steroid dienone is 1. The summed E-state index contributed by atoms with van der Waals surface area (Å²) in [7, 11) is -0.911. The second-order valence-corrected chi connectivity index (χ2v) is 8.20. The highest BCUT2D eigenvalue weighted by atomic mass is 31.1. The number of hydrogen-bond acceptors (Lipinski definition) is 3. The van der Waals surface area contributed by atoms with Crippen LogP contribution in [-0.4, -0.2) is 12.1 Å². The van der Waals surface area contributed by atoms with Crippen LogP contribution in [0.2, 0.25) is 0 Å². The van der Waals surface area contributed by atoms with Crippen LogP contribution in [0.25, 0.3) is 0 Å². The van der Waals surface area contributed by atoms with Gasteiger partial charge in [-0.15, -0.1) is 0 Å². The van der Waals surface area contributed by atoms with Crippen molar-refractivity contribution >= 4 is 19.2 Å². The molecule has 1 aromatic rings. The third-order valence-corrected chi connectivity index (χ3v) is 6.39. The first kappa shape index (κ1) is 17.4. The molecule has 2 atom stereocenters. The molecule has 0 aromatic heterocycles. The van der Waals surface area contributed by atoms with E-state index < -0.39 is 7.92 Å². The maximum absolute atomic E-state index is 12.5. The summed E-state index contributed by atoms with van der Waals surface area (Å²) in [6.07, 6.45) is 0.726. The number of benzene rings is 1. The lowest BCUT2D eigenvalue weighted by molar-refractivity contribution is -0.143. The maximum atomic E-state index is 12.5. The van der Waals surface area contributed by atoms with E-state index in [2.05, 4.69) is 11.9 Å². The van der Waals surface area contributed by atoms with Gasteiger partial charge in [0.15, 0.2) is 0 Å². The third-order valence-electron chi connectivity index (χ3n) is 3.74. The molecule has 0 radical (unpaired) electrons. The van der Waals surface area contributed by atoms with Gasteiger partial charge in [-0.2, -0.15) is 5.26 Å². The zero-order chi connectivity index (χ0) is 17.1. The van der Waals surface area contributed by atoms with Crippen LogP contribution < -0.4 is 5.30 Å². The molecule has 1 aliphatic heterocycles. The van der Waals surface area contributed by atoms with Gasteiger partial charge in [0.25, 0.3) is 0 Å². The van der Waals surface area contributed by atoms with E-state index in [9.17, 15) is 4.79 Å². The van der Waals surface area contributed by atoms with E-state index in [-0.39, 0.29) is 12.1 Å². The molecule has 0 fully saturated rings. The number of nitrogens with zero attached hydrogens (tertiary/aromatic N) is 1. The summed E-state index contributed by atoms with van der Waals surface area (Å²) in [5.74, 6) is 1.96. The van der Waals surface area contributed by atoms with Crippen molar-refractivity contribution < 1.29 is 9.53 Å². The Labute approximate surface area is 139 Å². The van der Waals surface area contributed by atoms with Crippen molar-refractivity contribution in [1.29, 1.82) is 5.26 Å². The summed E-state index contributed by atoms with van der Waals surface area (Å²) in [5, 5.41) is 11.0. The van der Waals surface area contributed by atoms with Gasteiger partial charge in [0.2, 0.25) is 0 Å². The molecule has 0 saturated heterocycles. The summed E-state index contributed by atoms with van der Waals surface area (Å²) >= 11 is 0. The van der Waals surface area contributed by atoms with Gasteiger partial charge in [0.05, 0.1) is 16.9 Å². The number of rotatable bonds is 3. The van der Waals surface area contributed by atoms with Crippen LogP contribution in [-0.2, 0) is 9.53 Å². The lowest BCUT2D eigenvalue weighted by Gasteiger charge is -2.27. The number of carbonyl (C=O) groups excluding carboxylic acids is 1. The molecule has 1 heterocycles. The molecule has 0 aliphatic carbocycles. The molecule has 23 heavy (non-hydrogen) atoms. The summed E-state index contributed by atoms with van der Waals surface area (Å²) in [6, 6.07) is 8.02. The van der Waals surface area contributed by atoms with E-state index >= 15 is 0 Å². The van der Waals surface area contributed by atoms with E-state index in [0.29, 0.717) is 5.56 Å². The molecule has 2 unspecified atom stereocenters. The van der Waals surface area contributed by atoms with Crippen molar-refractivity contribution in [3.8, 4) is 6.07 Å². The SMILES string of the molecule is CC(C)=CP(C1=C(C)CC(C)OC1=O)c1ccc(C#N)c(C)c1. The van der Waals surface area contributed by atoms with Gasteiger partial charge in [-0.05, 0) is 65.5 Å². The molecule has 0 bridgehead atoms. The highest BCUT2D eigenvalue weighted by Crippen LogP contribution is 2.50. The Hall–Kier alpha value is -1.91. The van der Waals surface area contributed by atoms with E-state index in [4.69, 9.17) is 10.00 Å². The maximum Gasteiger partial charge on any atom is 0.339 e. The molecule has 4 heteroatoms. The van der Waals surface area contributed by atoms with Crippen LogP contribution in [0.4, 0.5) is 0 Å².